The topological polar surface area (TPSA) is 68.3 Å². The monoisotopic (exact) mass is 274 g/mol. The standard InChI is InChI=1S/C15H18N2O3/c1-10-6-7-13(9-14(10)17(18)19)11(2)16-12(3)15-5-4-8-20-15/h4-9,11-12,16H,1-3H3. The average Bonchev–Trinajstić information content (AvgIpc) is 2.92. The second-order valence-electron chi connectivity index (χ2n) is 4.93. The summed E-state index contributed by atoms with van der Waals surface area (Å²) in [6, 6.07) is 9.10. The first-order valence-corrected chi connectivity index (χ1v) is 6.53. The van der Waals surface area contributed by atoms with Gasteiger partial charge in [-0.05, 0) is 38.5 Å². The molecule has 0 bridgehead atoms. The lowest BCUT2D eigenvalue weighted by molar-refractivity contribution is -0.385. The molecule has 1 N–H and O–H groups in total. The summed E-state index contributed by atoms with van der Waals surface area (Å²) in [6.45, 7) is 5.72. The SMILES string of the molecule is Cc1ccc(C(C)NC(C)c2ccco2)cc1[N+](=O)[O-]. The van der Waals surface area contributed by atoms with E-state index in [0.717, 1.165) is 11.3 Å². The zero-order valence-electron chi connectivity index (χ0n) is 11.8. The number of nitro groups is 1. The lowest BCUT2D eigenvalue weighted by atomic mass is 10.0. The number of nitrogens with one attached hydrogen (secondary N) is 1. The first kappa shape index (κ1) is 14.3. The number of benzene rings is 1. The van der Waals surface area contributed by atoms with E-state index in [-0.39, 0.29) is 22.7 Å². The highest BCUT2D eigenvalue weighted by Crippen LogP contribution is 2.25. The summed E-state index contributed by atoms with van der Waals surface area (Å²) >= 11 is 0. The normalized spacial score (nSPS) is 13.9. The Morgan fingerprint density at radius 2 is 2.00 bits per heavy atom. The third kappa shape index (κ3) is 3.05. The highest BCUT2D eigenvalue weighted by atomic mass is 16.6. The molecule has 1 aromatic carbocycles. The van der Waals surface area contributed by atoms with Crippen LogP contribution in [0.25, 0.3) is 0 Å². The molecule has 5 heteroatoms. The molecule has 2 unspecified atom stereocenters. The molecular weight excluding hydrogens is 256 g/mol. The van der Waals surface area contributed by atoms with E-state index in [0.29, 0.717) is 5.56 Å². The van der Waals surface area contributed by atoms with Crippen molar-refractivity contribution in [2.75, 3.05) is 0 Å². The van der Waals surface area contributed by atoms with Gasteiger partial charge in [-0.25, -0.2) is 0 Å². The first-order chi connectivity index (χ1) is 9.49. The molecule has 2 aromatic rings. The van der Waals surface area contributed by atoms with Gasteiger partial charge in [0.05, 0.1) is 17.2 Å². The van der Waals surface area contributed by atoms with Crippen LogP contribution in [0.15, 0.2) is 41.0 Å². The summed E-state index contributed by atoms with van der Waals surface area (Å²) in [5, 5.41) is 14.3. The van der Waals surface area contributed by atoms with Crippen molar-refractivity contribution in [3.8, 4) is 0 Å². The van der Waals surface area contributed by atoms with Crippen molar-refractivity contribution >= 4 is 5.69 Å². The van der Waals surface area contributed by atoms with Crippen LogP contribution in [0.1, 0.15) is 42.8 Å². The Balaban J connectivity index is 2.15. The van der Waals surface area contributed by atoms with E-state index in [2.05, 4.69) is 5.32 Å². The van der Waals surface area contributed by atoms with Crippen LogP contribution in [-0.2, 0) is 0 Å². The van der Waals surface area contributed by atoms with Gasteiger partial charge in [0.25, 0.3) is 5.69 Å². The van der Waals surface area contributed by atoms with E-state index < -0.39 is 0 Å². The summed E-state index contributed by atoms with van der Waals surface area (Å²) in [7, 11) is 0. The number of hydrogen-bond acceptors (Lipinski definition) is 4. The maximum atomic E-state index is 11.0. The molecule has 0 aliphatic rings. The Hall–Kier alpha value is -2.14. The van der Waals surface area contributed by atoms with Crippen LogP contribution < -0.4 is 5.32 Å². The highest BCUT2D eigenvalue weighted by molar-refractivity contribution is 5.43. The maximum absolute atomic E-state index is 11.0. The second kappa shape index (κ2) is 5.88. The van der Waals surface area contributed by atoms with Crippen LogP contribution in [0.3, 0.4) is 0 Å². The quantitative estimate of drug-likeness (QED) is 0.663. The predicted molar refractivity (Wildman–Crippen MR) is 76.5 cm³/mol. The number of aryl methyl sites for hydroxylation is 1. The van der Waals surface area contributed by atoms with Crippen molar-refractivity contribution in [1.82, 2.24) is 5.32 Å². The molecule has 0 saturated carbocycles. The van der Waals surface area contributed by atoms with Gasteiger partial charge in [0.2, 0.25) is 0 Å². The minimum absolute atomic E-state index is 0.00519. The van der Waals surface area contributed by atoms with Gasteiger partial charge in [-0.2, -0.15) is 0 Å². The van der Waals surface area contributed by atoms with Crippen LogP contribution in [-0.4, -0.2) is 4.92 Å². The minimum Gasteiger partial charge on any atom is -0.468 e. The van der Waals surface area contributed by atoms with Crippen LogP contribution >= 0.6 is 0 Å². The van der Waals surface area contributed by atoms with E-state index in [1.165, 1.54) is 0 Å². The van der Waals surface area contributed by atoms with Gasteiger partial charge >= 0.3 is 0 Å². The zero-order chi connectivity index (χ0) is 14.7. The lowest BCUT2D eigenvalue weighted by Crippen LogP contribution is -2.22. The summed E-state index contributed by atoms with van der Waals surface area (Å²) in [5.74, 6) is 0.846. The van der Waals surface area contributed by atoms with Gasteiger partial charge in [0.15, 0.2) is 0 Å². The van der Waals surface area contributed by atoms with Crippen molar-refractivity contribution in [3.63, 3.8) is 0 Å². The Kier molecular flexibility index (Phi) is 4.20. The number of nitro benzene ring substituents is 1. The maximum Gasteiger partial charge on any atom is 0.272 e. The van der Waals surface area contributed by atoms with Crippen molar-refractivity contribution in [2.24, 2.45) is 0 Å². The molecule has 0 aliphatic heterocycles. The molecule has 0 aliphatic carbocycles. The molecular formula is C15H18N2O3. The molecule has 1 heterocycles. The van der Waals surface area contributed by atoms with Crippen molar-refractivity contribution < 1.29 is 9.34 Å². The largest absolute Gasteiger partial charge is 0.468 e. The second-order valence-corrected chi connectivity index (χ2v) is 4.93. The van der Waals surface area contributed by atoms with Crippen LogP contribution in [0, 0.1) is 17.0 Å². The molecule has 0 radical (unpaired) electrons. The number of nitrogens with zero attached hydrogens (tertiary/aromatic N) is 1. The lowest BCUT2D eigenvalue weighted by Gasteiger charge is -2.19. The third-order valence-electron chi connectivity index (χ3n) is 3.40. The van der Waals surface area contributed by atoms with E-state index in [1.807, 2.05) is 32.0 Å². The van der Waals surface area contributed by atoms with Gasteiger partial charge in [-0.1, -0.05) is 12.1 Å². The van der Waals surface area contributed by atoms with E-state index >= 15 is 0 Å². The molecule has 20 heavy (non-hydrogen) atoms. The molecule has 1 aromatic heterocycles. The fourth-order valence-electron chi connectivity index (χ4n) is 2.18. The van der Waals surface area contributed by atoms with Crippen LogP contribution in [0.2, 0.25) is 0 Å². The van der Waals surface area contributed by atoms with Gasteiger partial charge in [-0.3, -0.25) is 10.1 Å². The summed E-state index contributed by atoms with van der Waals surface area (Å²) in [4.78, 5) is 10.6. The number of hydrogen-bond donors (Lipinski definition) is 1. The molecule has 0 spiro atoms. The summed E-state index contributed by atoms with van der Waals surface area (Å²) in [5.41, 5.74) is 1.72. The molecule has 5 nitrogen and oxygen atoms in total. The van der Waals surface area contributed by atoms with Crippen LogP contribution in [0.4, 0.5) is 5.69 Å². The number of furan rings is 1. The van der Waals surface area contributed by atoms with E-state index in [1.54, 1.807) is 25.3 Å². The minimum atomic E-state index is -0.346. The van der Waals surface area contributed by atoms with Crippen LogP contribution in [0.5, 0.6) is 0 Å². The smallest absolute Gasteiger partial charge is 0.272 e. The predicted octanol–water partition coefficient (Wildman–Crippen LogP) is 3.91. The third-order valence-corrected chi connectivity index (χ3v) is 3.40. The highest BCUT2D eigenvalue weighted by Gasteiger charge is 2.17. The Morgan fingerprint density at radius 1 is 1.25 bits per heavy atom. The summed E-state index contributed by atoms with van der Waals surface area (Å²) in [6.07, 6.45) is 1.63. The molecule has 106 valence electrons. The van der Waals surface area contributed by atoms with Crippen molar-refractivity contribution in [3.05, 3.63) is 63.6 Å². The van der Waals surface area contributed by atoms with Gasteiger partial charge in [-0.15, -0.1) is 0 Å². The molecule has 2 rings (SSSR count). The van der Waals surface area contributed by atoms with E-state index in [4.69, 9.17) is 4.42 Å². The Morgan fingerprint density at radius 3 is 2.60 bits per heavy atom. The van der Waals surface area contributed by atoms with E-state index in [9.17, 15) is 10.1 Å². The molecule has 0 amide bonds. The number of rotatable bonds is 5. The Bertz CT molecular complexity index is 593. The first-order valence-electron chi connectivity index (χ1n) is 6.53. The fourth-order valence-corrected chi connectivity index (χ4v) is 2.18. The van der Waals surface area contributed by atoms with Gasteiger partial charge in [0.1, 0.15) is 5.76 Å². The zero-order valence-corrected chi connectivity index (χ0v) is 11.8. The van der Waals surface area contributed by atoms with Crippen molar-refractivity contribution in [2.45, 2.75) is 32.9 Å². The van der Waals surface area contributed by atoms with Crippen molar-refractivity contribution in [1.29, 1.82) is 0 Å². The van der Waals surface area contributed by atoms with Gasteiger partial charge < -0.3 is 9.73 Å². The molecule has 0 fully saturated rings. The fraction of sp³-hybridized carbons (Fsp3) is 0.333. The molecule has 2 atom stereocenters. The molecule has 0 saturated heterocycles. The van der Waals surface area contributed by atoms with Gasteiger partial charge in [0, 0.05) is 17.7 Å². The summed E-state index contributed by atoms with van der Waals surface area (Å²) < 4.78 is 5.34. The average molecular weight is 274 g/mol. The Labute approximate surface area is 117 Å².